The summed E-state index contributed by atoms with van der Waals surface area (Å²) >= 11 is 0. The molecular weight excluding hydrogens is 376 g/mol. The highest BCUT2D eigenvalue weighted by Gasteiger charge is 2.52. The minimum Gasteiger partial charge on any atom is -0.454 e. The van der Waals surface area contributed by atoms with Crippen LogP contribution in [0.5, 0.6) is 0 Å². The molecule has 1 N–H and O–H groups in total. The fourth-order valence-electron chi connectivity index (χ4n) is 3.77. The second-order valence-corrected chi connectivity index (χ2v) is 7.33. The van der Waals surface area contributed by atoms with E-state index in [0.29, 0.717) is 18.7 Å². The van der Waals surface area contributed by atoms with Gasteiger partial charge in [0, 0.05) is 5.56 Å². The quantitative estimate of drug-likeness (QED) is 0.586. The van der Waals surface area contributed by atoms with Crippen molar-refractivity contribution in [3.8, 4) is 11.4 Å². The minimum absolute atomic E-state index is 0.136. The molecule has 3 amide bonds. The van der Waals surface area contributed by atoms with Crippen molar-refractivity contribution in [2.45, 2.75) is 51.2 Å². The van der Waals surface area contributed by atoms with E-state index in [0.717, 1.165) is 29.7 Å². The zero-order chi connectivity index (χ0) is 20.4. The molecule has 1 saturated carbocycles. The van der Waals surface area contributed by atoms with Crippen LogP contribution in [0.4, 0.5) is 4.79 Å². The number of aryl methyl sites for hydroxylation is 1. The molecule has 1 aliphatic heterocycles. The maximum atomic E-state index is 12.5. The molecule has 152 valence electrons. The molecule has 0 unspecified atom stereocenters. The van der Waals surface area contributed by atoms with Gasteiger partial charge in [-0.1, -0.05) is 49.2 Å². The number of carbonyl (C=O) groups excluding carboxylic acids is 3. The summed E-state index contributed by atoms with van der Waals surface area (Å²) in [6, 6.07) is 7.22. The standard InChI is InChI=1S/C20H22N4O5/c1-2-13-5-7-14(8-6-13)17-21-15(29-23-17)12-28-16(25)11-24-18(26)20(22-19(24)27)9-3-4-10-20/h5-8H,2-4,9-12H2,1H3,(H,22,27). The fourth-order valence-corrected chi connectivity index (χ4v) is 3.77. The van der Waals surface area contributed by atoms with Crippen molar-refractivity contribution in [3.05, 3.63) is 35.7 Å². The Morgan fingerprint density at radius 1 is 1.24 bits per heavy atom. The summed E-state index contributed by atoms with van der Waals surface area (Å²) < 4.78 is 10.2. The molecule has 2 fully saturated rings. The minimum atomic E-state index is -0.841. The van der Waals surface area contributed by atoms with Gasteiger partial charge >= 0.3 is 12.0 Å². The van der Waals surface area contributed by atoms with Crippen LogP contribution in [0, 0.1) is 0 Å². The third-order valence-corrected chi connectivity index (χ3v) is 5.44. The Morgan fingerprint density at radius 2 is 1.97 bits per heavy atom. The van der Waals surface area contributed by atoms with E-state index in [-0.39, 0.29) is 18.4 Å². The first kappa shape index (κ1) is 19.1. The number of carbonyl (C=O) groups is 3. The first-order chi connectivity index (χ1) is 14.0. The third kappa shape index (κ3) is 3.72. The van der Waals surface area contributed by atoms with Crippen molar-refractivity contribution < 1.29 is 23.6 Å². The summed E-state index contributed by atoms with van der Waals surface area (Å²) in [6.07, 6.45) is 3.91. The van der Waals surface area contributed by atoms with Crippen LogP contribution >= 0.6 is 0 Å². The molecule has 1 aliphatic carbocycles. The van der Waals surface area contributed by atoms with Crippen molar-refractivity contribution in [1.82, 2.24) is 20.4 Å². The van der Waals surface area contributed by atoms with Gasteiger partial charge in [-0.05, 0) is 24.8 Å². The van der Waals surface area contributed by atoms with Crippen LogP contribution < -0.4 is 5.32 Å². The highest BCUT2D eigenvalue weighted by Crippen LogP contribution is 2.34. The summed E-state index contributed by atoms with van der Waals surface area (Å²) in [5, 5.41) is 6.62. The SMILES string of the molecule is CCc1ccc(-c2noc(COC(=O)CN3C(=O)NC4(CCCC4)C3=O)n2)cc1. The molecule has 4 rings (SSSR count). The van der Waals surface area contributed by atoms with Crippen LogP contribution in [0.25, 0.3) is 11.4 Å². The lowest BCUT2D eigenvalue weighted by atomic mass is 9.98. The number of rotatable bonds is 6. The topological polar surface area (TPSA) is 115 Å². The molecule has 1 spiro atoms. The predicted molar refractivity (Wildman–Crippen MR) is 100 cm³/mol. The Hall–Kier alpha value is -3.23. The van der Waals surface area contributed by atoms with E-state index in [9.17, 15) is 14.4 Å². The number of imide groups is 1. The second kappa shape index (κ2) is 7.65. The fraction of sp³-hybridized carbons (Fsp3) is 0.450. The predicted octanol–water partition coefficient (Wildman–Crippen LogP) is 2.21. The monoisotopic (exact) mass is 398 g/mol. The van der Waals surface area contributed by atoms with Crippen LogP contribution in [0.3, 0.4) is 0 Å². The molecule has 0 bridgehead atoms. The molecule has 0 radical (unpaired) electrons. The molecule has 29 heavy (non-hydrogen) atoms. The summed E-state index contributed by atoms with van der Waals surface area (Å²) in [7, 11) is 0. The maximum absolute atomic E-state index is 12.5. The summed E-state index contributed by atoms with van der Waals surface area (Å²) in [6.45, 7) is 1.41. The Morgan fingerprint density at radius 3 is 2.66 bits per heavy atom. The molecule has 1 aromatic carbocycles. The lowest BCUT2D eigenvalue weighted by Gasteiger charge is -2.19. The third-order valence-electron chi connectivity index (χ3n) is 5.44. The van der Waals surface area contributed by atoms with E-state index in [1.54, 1.807) is 0 Å². The Kier molecular flexibility index (Phi) is 5.04. The van der Waals surface area contributed by atoms with E-state index in [4.69, 9.17) is 9.26 Å². The highest BCUT2D eigenvalue weighted by atomic mass is 16.6. The maximum Gasteiger partial charge on any atom is 0.326 e. The van der Waals surface area contributed by atoms with Gasteiger partial charge in [0.05, 0.1) is 0 Å². The highest BCUT2D eigenvalue weighted by molar-refractivity contribution is 6.08. The average molecular weight is 398 g/mol. The summed E-state index contributed by atoms with van der Waals surface area (Å²) in [5.41, 5.74) is 1.16. The second-order valence-electron chi connectivity index (χ2n) is 7.33. The van der Waals surface area contributed by atoms with Gasteiger partial charge in [-0.3, -0.25) is 14.5 Å². The van der Waals surface area contributed by atoms with Crippen LogP contribution in [-0.2, 0) is 27.4 Å². The van der Waals surface area contributed by atoms with Gasteiger partial charge in [0.25, 0.3) is 11.8 Å². The van der Waals surface area contributed by atoms with Crippen LogP contribution in [0.2, 0.25) is 0 Å². The van der Waals surface area contributed by atoms with E-state index in [1.165, 1.54) is 5.56 Å². The van der Waals surface area contributed by atoms with Gasteiger partial charge in [-0.25, -0.2) is 4.79 Å². The smallest absolute Gasteiger partial charge is 0.326 e. The molecule has 2 aromatic rings. The van der Waals surface area contributed by atoms with Crippen LogP contribution in [-0.4, -0.2) is 45.0 Å². The Labute approximate surface area is 167 Å². The molecule has 2 heterocycles. The van der Waals surface area contributed by atoms with Crippen molar-refractivity contribution >= 4 is 17.9 Å². The zero-order valence-corrected chi connectivity index (χ0v) is 16.1. The lowest BCUT2D eigenvalue weighted by Crippen LogP contribution is -2.44. The van der Waals surface area contributed by atoms with E-state index in [2.05, 4.69) is 22.4 Å². The molecule has 9 heteroatoms. The number of hydrogen-bond donors (Lipinski definition) is 1. The summed E-state index contributed by atoms with van der Waals surface area (Å²) in [5.74, 6) is -0.531. The van der Waals surface area contributed by atoms with Crippen molar-refractivity contribution in [2.75, 3.05) is 6.54 Å². The zero-order valence-electron chi connectivity index (χ0n) is 16.1. The number of hydrogen-bond acceptors (Lipinski definition) is 7. The number of nitrogens with one attached hydrogen (secondary N) is 1. The van der Waals surface area contributed by atoms with Gasteiger partial charge in [0.1, 0.15) is 12.1 Å². The number of esters is 1. The molecule has 0 atom stereocenters. The molecule has 1 saturated heterocycles. The van der Waals surface area contributed by atoms with Gasteiger partial charge < -0.3 is 14.6 Å². The van der Waals surface area contributed by atoms with E-state index in [1.807, 2.05) is 24.3 Å². The van der Waals surface area contributed by atoms with Crippen molar-refractivity contribution in [1.29, 1.82) is 0 Å². The van der Waals surface area contributed by atoms with Gasteiger partial charge in [0.2, 0.25) is 5.82 Å². The molecule has 9 nitrogen and oxygen atoms in total. The normalized spacial score (nSPS) is 17.8. The Balaban J connectivity index is 1.32. The summed E-state index contributed by atoms with van der Waals surface area (Å²) in [4.78, 5) is 41.9. The first-order valence-electron chi connectivity index (χ1n) is 9.72. The molecule has 1 aromatic heterocycles. The molecule has 2 aliphatic rings. The number of urea groups is 1. The van der Waals surface area contributed by atoms with Crippen molar-refractivity contribution in [3.63, 3.8) is 0 Å². The molecular formula is C20H22N4O5. The van der Waals surface area contributed by atoms with Crippen LogP contribution in [0.1, 0.15) is 44.1 Å². The number of amides is 3. The van der Waals surface area contributed by atoms with E-state index < -0.39 is 24.1 Å². The van der Waals surface area contributed by atoms with Crippen molar-refractivity contribution in [2.24, 2.45) is 0 Å². The Bertz CT molecular complexity index is 931. The average Bonchev–Trinajstić information content (AvgIpc) is 3.44. The van der Waals surface area contributed by atoms with Crippen LogP contribution in [0.15, 0.2) is 28.8 Å². The lowest BCUT2D eigenvalue weighted by molar-refractivity contribution is -0.149. The van der Waals surface area contributed by atoms with Gasteiger partial charge in [-0.15, -0.1) is 0 Å². The van der Waals surface area contributed by atoms with Gasteiger partial charge in [-0.2, -0.15) is 4.98 Å². The number of aromatic nitrogens is 2. The largest absolute Gasteiger partial charge is 0.454 e. The number of ether oxygens (including phenoxy) is 1. The number of nitrogens with zero attached hydrogens (tertiary/aromatic N) is 3. The number of benzene rings is 1. The van der Waals surface area contributed by atoms with Gasteiger partial charge in [0.15, 0.2) is 6.61 Å². The first-order valence-corrected chi connectivity index (χ1v) is 9.72. The van der Waals surface area contributed by atoms with E-state index >= 15 is 0 Å².